The first-order valence-electron chi connectivity index (χ1n) is 5.67. The lowest BCUT2D eigenvalue weighted by atomic mass is 10.1. The summed E-state index contributed by atoms with van der Waals surface area (Å²) in [5, 5.41) is 3.48. The molecule has 0 radical (unpaired) electrons. The predicted molar refractivity (Wildman–Crippen MR) is 68.5 cm³/mol. The molecule has 1 unspecified atom stereocenters. The molecule has 0 saturated heterocycles. The molecule has 1 aliphatic carbocycles. The molecule has 0 aliphatic heterocycles. The maximum absolute atomic E-state index is 11.9. The Morgan fingerprint density at radius 3 is 2.94 bits per heavy atom. The molecule has 1 N–H and O–H groups in total. The fourth-order valence-electron chi connectivity index (χ4n) is 1.77. The van der Waals surface area contributed by atoms with E-state index in [9.17, 15) is 4.79 Å². The van der Waals surface area contributed by atoms with Crippen molar-refractivity contribution in [2.45, 2.75) is 19.8 Å². The number of hydrogen-bond acceptors (Lipinski definition) is 2. The van der Waals surface area contributed by atoms with Crippen molar-refractivity contribution >= 4 is 29.1 Å². The maximum Gasteiger partial charge on any atom is 0.252 e. The van der Waals surface area contributed by atoms with Gasteiger partial charge in [-0.15, -0.1) is 0 Å². The Bertz CT molecular complexity index is 433. The quantitative estimate of drug-likeness (QED) is 0.856. The second kappa shape index (κ2) is 5.23. The van der Waals surface area contributed by atoms with E-state index in [4.69, 9.17) is 23.2 Å². The lowest BCUT2D eigenvalue weighted by molar-refractivity contribution is 0.0946. The molecule has 0 spiro atoms. The number of nitrogens with zero attached hydrogens (tertiary/aromatic N) is 1. The number of hydrogen-bond donors (Lipinski definition) is 1. The summed E-state index contributed by atoms with van der Waals surface area (Å²) in [6, 6.07) is 1.49. The van der Waals surface area contributed by atoms with E-state index in [2.05, 4.69) is 17.2 Å². The Kier molecular flexibility index (Phi) is 3.89. The summed E-state index contributed by atoms with van der Waals surface area (Å²) in [5.41, 5.74) is 0.384. The monoisotopic (exact) mass is 272 g/mol. The Morgan fingerprint density at radius 2 is 2.29 bits per heavy atom. The number of rotatable bonds is 4. The van der Waals surface area contributed by atoms with E-state index in [1.54, 1.807) is 0 Å². The predicted octanol–water partition coefficient (Wildman–Crippen LogP) is 3.16. The van der Waals surface area contributed by atoms with E-state index in [1.807, 2.05) is 0 Å². The third kappa shape index (κ3) is 3.33. The van der Waals surface area contributed by atoms with Crippen LogP contribution in [0, 0.1) is 11.8 Å². The van der Waals surface area contributed by atoms with Crippen molar-refractivity contribution in [2.75, 3.05) is 6.54 Å². The first kappa shape index (κ1) is 12.7. The number of pyridine rings is 1. The zero-order valence-electron chi connectivity index (χ0n) is 9.54. The summed E-state index contributed by atoms with van der Waals surface area (Å²) < 4.78 is 0. The number of amides is 1. The Labute approximate surface area is 111 Å². The van der Waals surface area contributed by atoms with E-state index in [1.165, 1.54) is 25.1 Å². The molecular formula is C12H14Cl2N2O. The minimum Gasteiger partial charge on any atom is -0.352 e. The molecule has 1 atom stereocenters. The van der Waals surface area contributed by atoms with Gasteiger partial charge in [-0.25, -0.2) is 4.98 Å². The van der Waals surface area contributed by atoms with E-state index < -0.39 is 0 Å². The van der Waals surface area contributed by atoms with Gasteiger partial charge in [-0.1, -0.05) is 30.1 Å². The molecule has 2 rings (SSSR count). The number of aromatic nitrogens is 1. The van der Waals surface area contributed by atoms with Gasteiger partial charge < -0.3 is 5.32 Å². The molecule has 1 amide bonds. The molecule has 1 fully saturated rings. The van der Waals surface area contributed by atoms with Gasteiger partial charge in [0, 0.05) is 12.7 Å². The van der Waals surface area contributed by atoms with Crippen molar-refractivity contribution in [1.29, 1.82) is 0 Å². The van der Waals surface area contributed by atoms with Gasteiger partial charge in [-0.3, -0.25) is 4.79 Å². The number of carbonyl (C=O) groups is 1. The zero-order valence-corrected chi connectivity index (χ0v) is 11.1. The molecule has 0 bridgehead atoms. The van der Waals surface area contributed by atoms with Gasteiger partial charge in [-0.2, -0.15) is 0 Å². The Balaban J connectivity index is 1.96. The van der Waals surface area contributed by atoms with Crippen LogP contribution in [0.4, 0.5) is 0 Å². The van der Waals surface area contributed by atoms with Crippen molar-refractivity contribution < 1.29 is 4.79 Å². The average Bonchev–Trinajstić information content (AvgIpc) is 3.12. The van der Waals surface area contributed by atoms with Gasteiger partial charge in [-0.05, 0) is 30.7 Å². The minimum absolute atomic E-state index is 0.188. The maximum atomic E-state index is 11.9. The third-order valence-electron chi connectivity index (χ3n) is 3.08. The van der Waals surface area contributed by atoms with Crippen LogP contribution in [0.3, 0.4) is 0 Å². The number of carbonyl (C=O) groups excluding carboxylic acids is 1. The SMILES string of the molecule is CC(CNC(=O)c1cc(Cl)ncc1Cl)C1CC1. The van der Waals surface area contributed by atoms with E-state index in [0.717, 1.165) is 5.92 Å². The summed E-state index contributed by atoms with van der Waals surface area (Å²) in [6.45, 7) is 2.83. The highest BCUT2D eigenvalue weighted by Gasteiger charge is 2.28. The fourth-order valence-corrected chi connectivity index (χ4v) is 2.12. The first-order chi connectivity index (χ1) is 8.08. The fraction of sp³-hybridized carbons (Fsp3) is 0.500. The summed E-state index contributed by atoms with van der Waals surface area (Å²) in [7, 11) is 0. The molecule has 92 valence electrons. The van der Waals surface area contributed by atoms with Crippen LogP contribution in [0.25, 0.3) is 0 Å². The normalized spacial score (nSPS) is 16.6. The van der Waals surface area contributed by atoms with Crippen LogP contribution in [0.15, 0.2) is 12.3 Å². The van der Waals surface area contributed by atoms with Crippen molar-refractivity contribution in [3.8, 4) is 0 Å². The number of nitrogens with one attached hydrogen (secondary N) is 1. The molecule has 0 aromatic carbocycles. The van der Waals surface area contributed by atoms with Crippen LogP contribution in [0.5, 0.6) is 0 Å². The Morgan fingerprint density at radius 1 is 1.59 bits per heavy atom. The standard InChI is InChI=1S/C12H14Cl2N2O/c1-7(8-2-3-8)5-16-12(17)9-4-11(14)15-6-10(9)13/h4,6-8H,2-3,5H2,1H3,(H,16,17). The molecule has 1 aromatic heterocycles. The van der Waals surface area contributed by atoms with Gasteiger partial charge in [0.15, 0.2) is 0 Å². The topological polar surface area (TPSA) is 42.0 Å². The summed E-state index contributed by atoms with van der Waals surface area (Å²) in [5.74, 6) is 1.11. The molecular weight excluding hydrogens is 259 g/mol. The molecule has 3 nitrogen and oxygen atoms in total. The highest BCUT2D eigenvalue weighted by molar-refractivity contribution is 6.35. The van der Waals surface area contributed by atoms with Crippen molar-refractivity contribution in [1.82, 2.24) is 10.3 Å². The molecule has 17 heavy (non-hydrogen) atoms. The lowest BCUT2D eigenvalue weighted by Crippen LogP contribution is -2.29. The van der Waals surface area contributed by atoms with Crippen molar-refractivity contribution in [2.24, 2.45) is 11.8 Å². The highest BCUT2D eigenvalue weighted by Crippen LogP contribution is 2.36. The van der Waals surface area contributed by atoms with Crippen LogP contribution in [-0.4, -0.2) is 17.4 Å². The van der Waals surface area contributed by atoms with Crippen LogP contribution in [0.1, 0.15) is 30.1 Å². The molecule has 1 aromatic rings. The molecule has 1 saturated carbocycles. The molecule has 5 heteroatoms. The third-order valence-corrected chi connectivity index (χ3v) is 3.59. The van der Waals surface area contributed by atoms with Gasteiger partial charge in [0.05, 0.1) is 10.6 Å². The molecule has 1 heterocycles. The van der Waals surface area contributed by atoms with Crippen LogP contribution in [-0.2, 0) is 0 Å². The first-order valence-corrected chi connectivity index (χ1v) is 6.42. The van der Waals surface area contributed by atoms with E-state index in [0.29, 0.717) is 23.0 Å². The van der Waals surface area contributed by atoms with E-state index in [-0.39, 0.29) is 11.1 Å². The second-order valence-electron chi connectivity index (χ2n) is 4.51. The average molecular weight is 273 g/mol. The van der Waals surface area contributed by atoms with E-state index >= 15 is 0 Å². The molecule has 1 aliphatic rings. The van der Waals surface area contributed by atoms with Crippen LogP contribution in [0.2, 0.25) is 10.2 Å². The Hall–Kier alpha value is -0.800. The smallest absolute Gasteiger partial charge is 0.252 e. The van der Waals surface area contributed by atoms with Gasteiger partial charge in [0.25, 0.3) is 5.91 Å². The van der Waals surface area contributed by atoms with Crippen LogP contribution < -0.4 is 5.32 Å². The largest absolute Gasteiger partial charge is 0.352 e. The van der Waals surface area contributed by atoms with Crippen molar-refractivity contribution in [3.05, 3.63) is 28.0 Å². The second-order valence-corrected chi connectivity index (χ2v) is 5.31. The van der Waals surface area contributed by atoms with Crippen molar-refractivity contribution in [3.63, 3.8) is 0 Å². The summed E-state index contributed by atoms with van der Waals surface area (Å²) >= 11 is 11.6. The van der Waals surface area contributed by atoms with Gasteiger partial charge >= 0.3 is 0 Å². The summed E-state index contributed by atoms with van der Waals surface area (Å²) in [6.07, 6.45) is 3.95. The lowest BCUT2D eigenvalue weighted by Gasteiger charge is -2.12. The highest BCUT2D eigenvalue weighted by atomic mass is 35.5. The number of halogens is 2. The minimum atomic E-state index is -0.188. The van der Waals surface area contributed by atoms with Crippen LogP contribution >= 0.6 is 23.2 Å². The van der Waals surface area contributed by atoms with Gasteiger partial charge in [0.2, 0.25) is 0 Å². The summed E-state index contributed by atoms with van der Waals surface area (Å²) in [4.78, 5) is 15.7. The zero-order chi connectivity index (χ0) is 12.4. The van der Waals surface area contributed by atoms with Gasteiger partial charge in [0.1, 0.15) is 5.15 Å².